The maximum Gasteiger partial charge on any atom is 0.203 e. The number of hydrogen-bond donors (Lipinski definition) is 1. The number of hydrogen-bond acceptors (Lipinski definition) is 8. The Hall–Kier alpha value is -2.20. The van der Waals surface area contributed by atoms with Gasteiger partial charge in [0.05, 0.1) is 37.9 Å². The summed E-state index contributed by atoms with van der Waals surface area (Å²) in [4.78, 5) is 1.96. The number of rotatable bonds is 11. The summed E-state index contributed by atoms with van der Waals surface area (Å²) in [5.41, 5.74) is 0.841. The van der Waals surface area contributed by atoms with Crippen LogP contribution in [0.3, 0.4) is 0 Å². The van der Waals surface area contributed by atoms with E-state index >= 15 is 0 Å². The first-order valence-electron chi connectivity index (χ1n) is 10.5. The Morgan fingerprint density at radius 3 is 2.30 bits per heavy atom. The second-order valence-electron chi connectivity index (χ2n) is 7.92. The number of ether oxygens (including phenoxy) is 4. The summed E-state index contributed by atoms with van der Waals surface area (Å²) >= 11 is 6.12. The Balaban J connectivity index is 1.78. The molecule has 10 heteroatoms. The van der Waals surface area contributed by atoms with Gasteiger partial charge in [-0.1, -0.05) is 23.7 Å². The minimum absolute atomic E-state index is 0.0228. The molecule has 2 aromatic rings. The van der Waals surface area contributed by atoms with E-state index in [0.29, 0.717) is 41.0 Å². The first-order chi connectivity index (χ1) is 15.8. The van der Waals surface area contributed by atoms with Crippen LogP contribution in [-0.4, -0.2) is 76.6 Å². The Labute approximate surface area is 199 Å². The van der Waals surface area contributed by atoms with Crippen molar-refractivity contribution in [1.29, 1.82) is 0 Å². The average Bonchev–Trinajstić information content (AvgIpc) is 3.16. The van der Waals surface area contributed by atoms with Crippen LogP contribution < -0.4 is 18.9 Å². The Bertz CT molecular complexity index is 1020. The smallest absolute Gasteiger partial charge is 0.203 e. The molecule has 3 rings (SSSR count). The summed E-state index contributed by atoms with van der Waals surface area (Å²) in [6.07, 6.45) is -0.350. The van der Waals surface area contributed by atoms with Crippen molar-refractivity contribution in [3.8, 4) is 23.0 Å². The van der Waals surface area contributed by atoms with Crippen molar-refractivity contribution in [2.75, 3.05) is 46.0 Å². The molecule has 2 atom stereocenters. The average molecular weight is 500 g/mol. The zero-order valence-corrected chi connectivity index (χ0v) is 20.6. The summed E-state index contributed by atoms with van der Waals surface area (Å²) < 4.78 is 46.2. The van der Waals surface area contributed by atoms with Crippen LogP contribution in [0.1, 0.15) is 12.0 Å². The predicted octanol–water partition coefficient (Wildman–Crippen LogP) is 2.79. The molecule has 182 valence electrons. The predicted molar refractivity (Wildman–Crippen MR) is 127 cm³/mol. The number of benzene rings is 2. The lowest BCUT2D eigenvalue weighted by atomic mass is 10.1. The third-order valence-electron chi connectivity index (χ3n) is 5.55. The van der Waals surface area contributed by atoms with Crippen molar-refractivity contribution in [1.82, 2.24) is 4.90 Å². The molecule has 0 aromatic heterocycles. The first kappa shape index (κ1) is 25.4. The number of sulfone groups is 1. The summed E-state index contributed by atoms with van der Waals surface area (Å²) in [6, 6.07) is 10.5. The quantitative estimate of drug-likeness (QED) is 0.504. The molecule has 0 radical (unpaired) electrons. The first-order valence-corrected chi connectivity index (χ1v) is 12.7. The van der Waals surface area contributed by atoms with Crippen LogP contribution in [-0.2, 0) is 16.4 Å². The zero-order valence-electron chi connectivity index (χ0n) is 19.0. The van der Waals surface area contributed by atoms with E-state index in [4.69, 9.17) is 30.5 Å². The Kier molecular flexibility index (Phi) is 8.69. The van der Waals surface area contributed by atoms with E-state index in [1.54, 1.807) is 24.3 Å². The van der Waals surface area contributed by atoms with E-state index in [-0.39, 0.29) is 30.7 Å². The lowest BCUT2D eigenvalue weighted by molar-refractivity contribution is 0.0524. The number of aliphatic hydroxyl groups is 1. The van der Waals surface area contributed by atoms with Crippen LogP contribution >= 0.6 is 11.6 Å². The molecule has 0 spiro atoms. The molecule has 1 saturated heterocycles. The molecule has 8 nitrogen and oxygen atoms in total. The Morgan fingerprint density at radius 2 is 1.76 bits per heavy atom. The highest BCUT2D eigenvalue weighted by molar-refractivity contribution is 7.91. The largest absolute Gasteiger partial charge is 0.493 e. The van der Waals surface area contributed by atoms with Crippen LogP contribution in [0.2, 0.25) is 5.02 Å². The van der Waals surface area contributed by atoms with Crippen molar-refractivity contribution in [3.63, 3.8) is 0 Å². The SMILES string of the molecule is COc1cc(CN(CC(O)COc2ccccc2Cl)C2CCS(=O)(=O)C2)cc(OC)c1OC. The molecule has 1 heterocycles. The molecule has 0 saturated carbocycles. The normalized spacial score (nSPS) is 18.2. The van der Waals surface area contributed by atoms with Crippen LogP contribution in [0.15, 0.2) is 36.4 Å². The van der Waals surface area contributed by atoms with Crippen molar-refractivity contribution < 1.29 is 32.5 Å². The second-order valence-corrected chi connectivity index (χ2v) is 10.6. The molecule has 1 fully saturated rings. The van der Waals surface area contributed by atoms with Crippen LogP contribution in [0, 0.1) is 0 Å². The van der Waals surface area contributed by atoms with E-state index < -0.39 is 15.9 Å². The fraction of sp³-hybridized carbons (Fsp3) is 0.478. The number of halogens is 1. The summed E-state index contributed by atoms with van der Waals surface area (Å²) in [6.45, 7) is 0.635. The van der Waals surface area contributed by atoms with E-state index in [2.05, 4.69) is 0 Å². The number of methoxy groups -OCH3 is 3. The maximum atomic E-state index is 12.1. The van der Waals surface area contributed by atoms with E-state index in [9.17, 15) is 13.5 Å². The van der Waals surface area contributed by atoms with Crippen molar-refractivity contribution >= 4 is 21.4 Å². The molecule has 0 aliphatic carbocycles. The van der Waals surface area contributed by atoms with Crippen LogP contribution in [0.4, 0.5) is 0 Å². The Morgan fingerprint density at radius 1 is 1.09 bits per heavy atom. The van der Waals surface area contributed by atoms with Crippen molar-refractivity contribution in [2.45, 2.75) is 25.1 Å². The van der Waals surface area contributed by atoms with E-state index in [1.165, 1.54) is 21.3 Å². The molecular weight excluding hydrogens is 470 g/mol. The third-order valence-corrected chi connectivity index (χ3v) is 7.61. The van der Waals surface area contributed by atoms with Crippen LogP contribution in [0.25, 0.3) is 0 Å². The molecule has 1 aliphatic heterocycles. The fourth-order valence-corrected chi connectivity index (χ4v) is 5.89. The molecule has 33 heavy (non-hydrogen) atoms. The fourth-order valence-electron chi connectivity index (χ4n) is 3.94. The van der Waals surface area contributed by atoms with Gasteiger partial charge in [0.15, 0.2) is 21.3 Å². The van der Waals surface area contributed by atoms with Gasteiger partial charge in [0.2, 0.25) is 5.75 Å². The summed E-state index contributed by atoms with van der Waals surface area (Å²) in [5, 5.41) is 11.2. The van der Waals surface area contributed by atoms with Crippen molar-refractivity contribution in [3.05, 3.63) is 47.0 Å². The molecule has 1 N–H and O–H groups in total. The minimum Gasteiger partial charge on any atom is -0.493 e. The topological polar surface area (TPSA) is 94.5 Å². The lowest BCUT2D eigenvalue weighted by Gasteiger charge is -2.30. The standard InChI is InChI=1S/C23H30ClNO7S/c1-29-21-10-16(11-22(30-2)23(21)31-3)12-25(17-8-9-33(27,28)15-17)13-18(26)14-32-20-7-5-4-6-19(20)24/h4-7,10-11,17-18,26H,8-9,12-15H2,1-3H3. The third kappa shape index (κ3) is 6.66. The highest BCUT2D eigenvalue weighted by Gasteiger charge is 2.33. The zero-order chi connectivity index (χ0) is 24.0. The van der Waals surface area contributed by atoms with Gasteiger partial charge in [-0.05, 0) is 36.2 Å². The molecule has 0 amide bonds. The van der Waals surface area contributed by atoms with Gasteiger partial charge in [0.25, 0.3) is 0 Å². The monoisotopic (exact) mass is 499 g/mol. The second kappa shape index (κ2) is 11.3. The van der Waals surface area contributed by atoms with Gasteiger partial charge in [-0.3, -0.25) is 4.90 Å². The van der Waals surface area contributed by atoms with Gasteiger partial charge < -0.3 is 24.1 Å². The minimum atomic E-state index is -3.11. The van der Waals surface area contributed by atoms with E-state index in [1.807, 2.05) is 17.0 Å². The lowest BCUT2D eigenvalue weighted by Crippen LogP contribution is -2.42. The molecule has 2 unspecified atom stereocenters. The van der Waals surface area contributed by atoms with Crippen molar-refractivity contribution in [2.24, 2.45) is 0 Å². The molecule has 0 bridgehead atoms. The van der Waals surface area contributed by atoms with Crippen LogP contribution in [0.5, 0.6) is 23.0 Å². The summed E-state index contributed by atoms with van der Waals surface area (Å²) in [7, 11) is 1.51. The highest BCUT2D eigenvalue weighted by Crippen LogP contribution is 2.38. The van der Waals surface area contributed by atoms with Gasteiger partial charge in [-0.25, -0.2) is 8.42 Å². The number of para-hydroxylation sites is 1. The molecule has 1 aliphatic rings. The molecular formula is C23H30ClNO7S. The summed E-state index contributed by atoms with van der Waals surface area (Å²) in [5.74, 6) is 2.16. The van der Waals surface area contributed by atoms with Gasteiger partial charge in [-0.15, -0.1) is 0 Å². The molecule has 2 aromatic carbocycles. The van der Waals surface area contributed by atoms with Gasteiger partial charge in [0, 0.05) is 19.1 Å². The van der Waals surface area contributed by atoms with Gasteiger partial charge >= 0.3 is 0 Å². The van der Waals surface area contributed by atoms with Gasteiger partial charge in [0.1, 0.15) is 18.5 Å². The number of aliphatic hydroxyl groups excluding tert-OH is 1. The van der Waals surface area contributed by atoms with E-state index in [0.717, 1.165) is 5.56 Å². The maximum absolute atomic E-state index is 12.1. The van der Waals surface area contributed by atoms with Gasteiger partial charge in [-0.2, -0.15) is 0 Å². The highest BCUT2D eigenvalue weighted by atomic mass is 35.5. The number of nitrogens with zero attached hydrogens (tertiary/aromatic N) is 1.